The van der Waals surface area contributed by atoms with Crippen LogP contribution < -0.4 is 9.47 Å². The van der Waals surface area contributed by atoms with Crippen LogP contribution in [0.3, 0.4) is 0 Å². The molecule has 0 radical (unpaired) electrons. The lowest BCUT2D eigenvalue weighted by atomic mass is 10.1. The number of Topliss-reactive ketones (excluding diaryl/α,β-unsaturated/α-hetero) is 1. The molecule has 0 spiro atoms. The Labute approximate surface area is 164 Å². The first-order valence-electron chi connectivity index (χ1n) is 9.29. The molecule has 3 rings (SSSR count). The van der Waals surface area contributed by atoms with Crippen LogP contribution in [0.15, 0.2) is 48.5 Å². The number of hydrogen-bond acceptors (Lipinski definition) is 5. The van der Waals surface area contributed by atoms with Crippen molar-refractivity contribution in [3.8, 4) is 11.5 Å². The number of amides is 2. The smallest absolute Gasteiger partial charge is 0.271 e. The number of ether oxygens (including phenoxy) is 2. The number of nitrogens with zero attached hydrogens (tertiary/aromatic N) is 1. The van der Waals surface area contributed by atoms with Crippen molar-refractivity contribution in [2.24, 2.45) is 5.92 Å². The van der Waals surface area contributed by atoms with Gasteiger partial charge in [0, 0.05) is 5.56 Å². The first-order valence-corrected chi connectivity index (χ1v) is 9.29. The summed E-state index contributed by atoms with van der Waals surface area (Å²) in [6, 6.07) is 13.3. The van der Waals surface area contributed by atoms with Crippen LogP contribution in [-0.4, -0.2) is 41.8 Å². The Kier molecular flexibility index (Phi) is 5.78. The molecule has 1 aliphatic heterocycles. The molecule has 0 bridgehead atoms. The maximum absolute atomic E-state index is 13.0. The Hall–Kier alpha value is -3.15. The molecule has 1 aliphatic rings. The zero-order chi connectivity index (χ0) is 20.3. The molecule has 28 heavy (non-hydrogen) atoms. The molecule has 1 heterocycles. The van der Waals surface area contributed by atoms with Gasteiger partial charge in [0.25, 0.3) is 11.8 Å². The van der Waals surface area contributed by atoms with Crippen LogP contribution in [0.4, 0.5) is 0 Å². The van der Waals surface area contributed by atoms with Gasteiger partial charge in [0.05, 0.1) is 18.7 Å². The predicted octanol–water partition coefficient (Wildman–Crippen LogP) is 3.35. The van der Waals surface area contributed by atoms with Gasteiger partial charge in [-0.1, -0.05) is 26.0 Å². The third-order valence-corrected chi connectivity index (χ3v) is 4.52. The molecule has 6 nitrogen and oxygen atoms in total. The summed E-state index contributed by atoms with van der Waals surface area (Å²) in [6.07, 6.45) is -0.833. The Bertz CT molecular complexity index is 888. The highest BCUT2D eigenvalue weighted by Gasteiger charge is 2.38. The highest BCUT2D eigenvalue weighted by atomic mass is 16.5. The summed E-state index contributed by atoms with van der Waals surface area (Å²) in [4.78, 5) is 39.7. The van der Waals surface area contributed by atoms with Gasteiger partial charge in [0.2, 0.25) is 0 Å². The number of hydrogen-bond donors (Lipinski definition) is 0. The van der Waals surface area contributed by atoms with E-state index >= 15 is 0 Å². The van der Waals surface area contributed by atoms with Gasteiger partial charge in [-0.2, -0.15) is 0 Å². The Morgan fingerprint density at radius 3 is 2.43 bits per heavy atom. The van der Waals surface area contributed by atoms with Crippen LogP contribution in [0.1, 0.15) is 41.5 Å². The number of benzene rings is 2. The summed E-state index contributed by atoms with van der Waals surface area (Å²) >= 11 is 0. The normalized spacial score (nSPS) is 16.4. The average Bonchev–Trinajstić information content (AvgIpc) is 2.79. The lowest BCUT2D eigenvalue weighted by Gasteiger charge is -2.24. The highest BCUT2D eigenvalue weighted by Crippen LogP contribution is 2.28. The van der Waals surface area contributed by atoms with Crippen molar-refractivity contribution in [2.45, 2.75) is 26.9 Å². The predicted molar refractivity (Wildman–Crippen MR) is 104 cm³/mol. The molecule has 0 aliphatic carbocycles. The zero-order valence-electron chi connectivity index (χ0n) is 16.2. The first kappa shape index (κ1) is 19.6. The van der Waals surface area contributed by atoms with E-state index in [0.29, 0.717) is 23.7 Å². The number of rotatable bonds is 6. The molecular formula is C22H23NO5. The number of ketones is 1. The number of carbonyl (C=O) groups is 3. The number of fused-ring (bicyclic) bond motifs is 1. The molecule has 0 saturated carbocycles. The third-order valence-electron chi connectivity index (χ3n) is 4.52. The van der Waals surface area contributed by atoms with E-state index in [0.717, 1.165) is 4.90 Å². The van der Waals surface area contributed by atoms with Gasteiger partial charge in [-0.15, -0.1) is 0 Å². The molecule has 2 aromatic rings. The van der Waals surface area contributed by atoms with Crippen molar-refractivity contribution in [1.82, 2.24) is 4.90 Å². The molecule has 1 unspecified atom stereocenters. The maximum atomic E-state index is 13.0. The van der Waals surface area contributed by atoms with E-state index < -0.39 is 17.9 Å². The highest BCUT2D eigenvalue weighted by molar-refractivity contribution is 6.12. The van der Waals surface area contributed by atoms with Crippen LogP contribution in [0.5, 0.6) is 11.5 Å². The summed E-state index contributed by atoms with van der Waals surface area (Å²) in [7, 11) is 0. The van der Waals surface area contributed by atoms with Crippen LogP contribution in [0.2, 0.25) is 0 Å². The van der Waals surface area contributed by atoms with Crippen LogP contribution >= 0.6 is 0 Å². The second-order valence-electron chi connectivity index (χ2n) is 6.89. The van der Waals surface area contributed by atoms with E-state index in [1.807, 2.05) is 20.8 Å². The Balaban J connectivity index is 1.89. The molecule has 2 amide bonds. The van der Waals surface area contributed by atoms with Crippen molar-refractivity contribution in [1.29, 1.82) is 0 Å². The van der Waals surface area contributed by atoms with E-state index in [1.54, 1.807) is 48.5 Å². The van der Waals surface area contributed by atoms with Gasteiger partial charge >= 0.3 is 0 Å². The van der Waals surface area contributed by atoms with Crippen molar-refractivity contribution in [2.75, 3.05) is 13.2 Å². The quantitative estimate of drug-likeness (QED) is 0.567. The lowest BCUT2D eigenvalue weighted by Crippen LogP contribution is -2.47. The molecule has 1 atom stereocenters. The first-order chi connectivity index (χ1) is 13.4. The summed E-state index contributed by atoms with van der Waals surface area (Å²) in [5, 5.41) is 0. The van der Waals surface area contributed by atoms with Gasteiger partial charge in [0.1, 0.15) is 11.5 Å². The largest absolute Gasteiger partial charge is 0.494 e. The van der Waals surface area contributed by atoms with E-state index in [1.165, 1.54) is 0 Å². The molecule has 146 valence electrons. The van der Waals surface area contributed by atoms with Crippen molar-refractivity contribution < 1.29 is 23.9 Å². The molecule has 0 saturated heterocycles. The van der Waals surface area contributed by atoms with Crippen LogP contribution in [0, 0.1) is 5.92 Å². The van der Waals surface area contributed by atoms with E-state index in [2.05, 4.69) is 0 Å². The average molecular weight is 381 g/mol. The maximum Gasteiger partial charge on any atom is 0.271 e. The molecule has 2 aromatic carbocycles. The minimum absolute atomic E-state index is 0.158. The Morgan fingerprint density at radius 2 is 1.79 bits per heavy atom. The summed E-state index contributed by atoms with van der Waals surface area (Å²) in [6.45, 7) is 5.74. The fraction of sp³-hybridized carbons (Fsp3) is 0.318. The summed E-state index contributed by atoms with van der Waals surface area (Å²) < 4.78 is 11.2. The van der Waals surface area contributed by atoms with E-state index in [9.17, 15) is 14.4 Å². The number of para-hydroxylation sites is 1. The van der Waals surface area contributed by atoms with Gasteiger partial charge in [-0.05, 0) is 49.2 Å². The molecule has 0 aromatic heterocycles. The molecular weight excluding hydrogens is 358 g/mol. The van der Waals surface area contributed by atoms with Crippen molar-refractivity contribution in [3.05, 3.63) is 59.7 Å². The molecule has 0 fully saturated rings. The number of imide groups is 1. The minimum atomic E-state index is -0.833. The SMILES string of the molecule is CCOc1ccc(C(=O)CN2C(=O)c3ccccc3OC(C(C)C)C2=O)cc1. The second-order valence-corrected chi connectivity index (χ2v) is 6.89. The zero-order valence-corrected chi connectivity index (χ0v) is 16.2. The molecule has 0 N–H and O–H groups in total. The van der Waals surface area contributed by atoms with Crippen LogP contribution in [-0.2, 0) is 4.79 Å². The Morgan fingerprint density at radius 1 is 1.11 bits per heavy atom. The van der Waals surface area contributed by atoms with Gasteiger partial charge in [0.15, 0.2) is 11.9 Å². The van der Waals surface area contributed by atoms with Gasteiger partial charge in [-0.25, -0.2) is 0 Å². The standard InChI is InChI=1S/C22H23NO5/c1-4-27-16-11-9-15(10-12-16)18(24)13-23-21(25)17-7-5-6-8-19(17)28-20(14(2)3)22(23)26/h5-12,14,20H,4,13H2,1-3H3. The van der Waals surface area contributed by atoms with Gasteiger partial charge < -0.3 is 9.47 Å². The molecule has 6 heteroatoms. The lowest BCUT2D eigenvalue weighted by molar-refractivity contribution is -0.136. The fourth-order valence-electron chi connectivity index (χ4n) is 3.04. The van der Waals surface area contributed by atoms with Crippen molar-refractivity contribution >= 4 is 17.6 Å². The fourth-order valence-corrected chi connectivity index (χ4v) is 3.04. The minimum Gasteiger partial charge on any atom is -0.494 e. The van der Waals surface area contributed by atoms with Crippen molar-refractivity contribution in [3.63, 3.8) is 0 Å². The van der Waals surface area contributed by atoms with E-state index in [4.69, 9.17) is 9.47 Å². The van der Waals surface area contributed by atoms with Crippen LogP contribution in [0.25, 0.3) is 0 Å². The summed E-state index contributed by atoms with van der Waals surface area (Å²) in [5.74, 6) is -0.501. The van der Waals surface area contributed by atoms with E-state index in [-0.39, 0.29) is 23.8 Å². The second kappa shape index (κ2) is 8.25. The topological polar surface area (TPSA) is 72.9 Å². The monoisotopic (exact) mass is 381 g/mol. The van der Waals surface area contributed by atoms with Gasteiger partial charge in [-0.3, -0.25) is 19.3 Å². The summed E-state index contributed by atoms with van der Waals surface area (Å²) in [5.41, 5.74) is 0.682. The number of carbonyl (C=O) groups excluding carboxylic acids is 3. The third kappa shape index (κ3) is 3.91.